The topological polar surface area (TPSA) is 27.1 Å². The van der Waals surface area contributed by atoms with Gasteiger partial charge in [0.15, 0.2) is 5.17 Å². The van der Waals surface area contributed by atoms with Gasteiger partial charge in [0.2, 0.25) is 0 Å². The molecule has 3 heteroatoms. The largest absolute Gasteiger partial charge is 0.352 e. The molecule has 1 aromatic rings. The van der Waals surface area contributed by atoms with E-state index >= 15 is 0 Å². The molecule has 0 heterocycles. The van der Waals surface area contributed by atoms with E-state index in [2.05, 4.69) is 13.8 Å². The molecule has 0 unspecified atom stereocenters. The molecule has 0 aliphatic heterocycles. The Kier molecular flexibility index (Phi) is 4.53. The SMILES string of the molecule is CCN(CC)C(=N)Sc1ccccc1. The van der Waals surface area contributed by atoms with Crippen molar-refractivity contribution in [1.82, 2.24) is 4.90 Å². The highest BCUT2D eigenvalue weighted by molar-refractivity contribution is 8.13. The van der Waals surface area contributed by atoms with Crippen LogP contribution in [0.3, 0.4) is 0 Å². The Balaban J connectivity index is 2.57. The molecule has 2 nitrogen and oxygen atoms in total. The van der Waals surface area contributed by atoms with Crippen molar-refractivity contribution in [2.75, 3.05) is 13.1 Å². The minimum absolute atomic E-state index is 0.626. The summed E-state index contributed by atoms with van der Waals surface area (Å²) < 4.78 is 0. The van der Waals surface area contributed by atoms with E-state index in [-0.39, 0.29) is 0 Å². The molecule has 0 bridgehead atoms. The van der Waals surface area contributed by atoms with Crippen LogP contribution in [-0.4, -0.2) is 23.2 Å². The highest BCUT2D eigenvalue weighted by Gasteiger charge is 2.06. The van der Waals surface area contributed by atoms with Crippen LogP contribution in [0.25, 0.3) is 0 Å². The highest BCUT2D eigenvalue weighted by Crippen LogP contribution is 2.19. The van der Waals surface area contributed by atoms with E-state index in [9.17, 15) is 0 Å². The third-order valence-corrected chi connectivity index (χ3v) is 2.97. The number of nitrogens with one attached hydrogen (secondary N) is 1. The molecule has 1 aromatic carbocycles. The van der Waals surface area contributed by atoms with Crippen LogP contribution in [0.5, 0.6) is 0 Å². The van der Waals surface area contributed by atoms with Gasteiger partial charge in [0.05, 0.1) is 0 Å². The summed E-state index contributed by atoms with van der Waals surface area (Å²) in [6, 6.07) is 10.0. The zero-order valence-electron chi connectivity index (χ0n) is 8.66. The van der Waals surface area contributed by atoms with Crippen LogP contribution in [0.2, 0.25) is 0 Å². The Morgan fingerprint density at radius 1 is 1.21 bits per heavy atom. The Morgan fingerprint density at radius 2 is 1.79 bits per heavy atom. The lowest BCUT2D eigenvalue weighted by molar-refractivity contribution is 0.472. The van der Waals surface area contributed by atoms with Crippen LogP contribution in [0, 0.1) is 5.41 Å². The van der Waals surface area contributed by atoms with Gasteiger partial charge in [-0.25, -0.2) is 0 Å². The molecule has 0 amide bonds. The fourth-order valence-corrected chi connectivity index (χ4v) is 2.08. The van der Waals surface area contributed by atoms with Crippen molar-refractivity contribution in [3.8, 4) is 0 Å². The van der Waals surface area contributed by atoms with Crippen molar-refractivity contribution in [1.29, 1.82) is 5.41 Å². The molecule has 76 valence electrons. The molecule has 0 spiro atoms. The smallest absolute Gasteiger partial charge is 0.161 e. The van der Waals surface area contributed by atoms with E-state index in [0.29, 0.717) is 5.17 Å². The van der Waals surface area contributed by atoms with E-state index in [1.165, 1.54) is 11.8 Å². The second-order valence-electron chi connectivity index (χ2n) is 2.89. The first-order chi connectivity index (χ1) is 6.77. The van der Waals surface area contributed by atoms with Crippen LogP contribution in [0.1, 0.15) is 13.8 Å². The average molecular weight is 208 g/mol. The quantitative estimate of drug-likeness (QED) is 0.469. The third kappa shape index (κ3) is 3.07. The molecule has 0 atom stereocenters. The molecule has 1 N–H and O–H groups in total. The highest BCUT2D eigenvalue weighted by atomic mass is 32.2. The summed E-state index contributed by atoms with van der Waals surface area (Å²) >= 11 is 1.51. The van der Waals surface area contributed by atoms with Gasteiger partial charge in [0.1, 0.15) is 0 Å². The van der Waals surface area contributed by atoms with Crippen LogP contribution in [0.15, 0.2) is 35.2 Å². The summed E-state index contributed by atoms with van der Waals surface area (Å²) in [7, 11) is 0. The van der Waals surface area contributed by atoms with E-state index in [1.54, 1.807) is 0 Å². The zero-order chi connectivity index (χ0) is 10.4. The normalized spacial score (nSPS) is 9.86. The molecule has 0 aliphatic carbocycles. The Hall–Kier alpha value is -0.960. The van der Waals surface area contributed by atoms with Crippen molar-refractivity contribution in [3.05, 3.63) is 30.3 Å². The maximum Gasteiger partial charge on any atom is 0.161 e. The van der Waals surface area contributed by atoms with Crippen LogP contribution in [-0.2, 0) is 0 Å². The lowest BCUT2D eigenvalue weighted by atomic mass is 10.4. The Morgan fingerprint density at radius 3 is 2.29 bits per heavy atom. The number of rotatable bonds is 3. The van der Waals surface area contributed by atoms with Crippen molar-refractivity contribution >= 4 is 16.9 Å². The number of hydrogen-bond donors (Lipinski definition) is 1. The molecule has 0 fully saturated rings. The molecule has 14 heavy (non-hydrogen) atoms. The summed E-state index contributed by atoms with van der Waals surface area (Å²) in [5, 5.41) is 8.50. The van der Waals surface area contributed by atoms with E-state index < -0.39 is 0 Å². The number of benzene rings is 1. The minimum atomic E-state index is 0.626. The maximum absolute atomic E-state index is 7.87. The lowest BCUT2D eigenvalue weighted by Gasteiger charge is -2.20. The fourth-order valence-electron chi connectivity index (χ4n) is 1.18. The molecule has 0 saturated carbocycles. The molecular weight excluding hydrogens is 192 g/mol. The number of hydrogen-bond acceptors (Lipinski definition) is 2. The lowest BCUT2D eigenvalue weighted by Crippen LogP contribution is -2.27. The first kappa shape index (κ1) is 11.1. The summed E-state index contributed by atoms with van der Waals surface area (Å²) in [6.07, 6.45) is 0. The summed E-state index contributed by atoms with van der Waals surface area (Å²) in [6.45, 7) is 5.94. The second-order valence-corrected chi connectivity index (χ2v) is 3.95. The van der Waals surface area contributed by atoms with Gasteiger partial charge in [-0.3, -0.25) is 5.41 Å². The van der Waals surface area contributed by atoms with Gasteiger partial charge in [-0.15, -0.1) is 0 Å². The average Bonchev–Trinajstić information content (AvgIpc) is 2.21. The van der Waals surface area contributed by atoms with Crippen LogP contribution < -0.4 is 0 Å². The minimum Gasteiger partial charge on any atom is -0.352 e. The predicted octanol–water partition coefficient (Wildman–Crippen LogP) is 3.06. The van der Waals surface area contributed by atoms with E-state index in [1.807, 2.05) is 35.2 Å². The zero-order valence-corrected chi connectivity index (χ0v) is 9.47. The summed E-state index contributed by atoms with van der Waals surface area (Å²) in [5.41, 5.74) is 0. The predicted molar refractivity (Wildman–Crippen MR) is 62.9 cm³/mol. The number of thioether (sulfide) groups is 1. The van der Waals surface area contributed by atoms with Gasteiger partial charge in [0, 0.05) is 18.0 Å². The van der Waals surface area contributed by atoms with Gasteiger partial charge >= 0.3 is 0 Å². The van der Waals surface area contributed by atoms with Crippen molar-refractivity contribution in [2.24, 2.45) is 0 Å². The number of nitrogens with zero attached hydrogens (tertiary/aromatic N) is 1. The van der Waals surface area contributed by atoms with Crippen molar-refractivity contribution < 1.29 is 0 Å². The van der Waals surface area contributed by atoms with Crippen LogP contribution in [0.4, 0.5) is 0 Å². The van der Waals surface area contributed by atoms with E-state index in [0.717, 1.165) is 18.0 Å². The van der Waals surface area contributed by atoms with Gasteiger partial charge in [-0.2, -0.15) is 0 Å². The Labute approximate surface area is 89.8 Å². The first-order valence-electron chi connectivity index (χ1n) is 4.84. The van der Waals surface area contributed by atoms with Gasteiger partial charge in [-0.05, 0) is 26.0 Å². The van der Waals surface area contributed by atoms with Gasteiger partial charge in [-0.1, -0.05) is 30.0 Å². The monoisotopic (exact) mass is 208 g/mol. The third-order valence-electron chi connectivity index (χ3n) is 2.01. The molecule has 0 radical (unpaired) electrons. The second kappa shape index (κ2) is 5.70. The summed E-state index contributed by atoms with van der Waals surface area (Å²) in [4.78, 5) is 3.17. The van der Waals surface area contributed by atoms with Gasteiger partial charge in [0.25, 0.3) is 0 Å². The standard InChI is InChI=1S/C11H16N2S/c1-3-13(4-2)11(12)14-10-8-6-5-7-9-10/h5-9,12H,3-4H2,1-2H3. The molecule has 0 saturated heterocycles. The molecule has 0 aromatic heterocycles. The number of amidine groups is 1. The van der Waals surface area contributed by atoms with Crippen LogP contribution >= 0.6 is 11.8 Å². The first-order valence-corrected chi connectivity index (χ1v) is 5.66. The van der Waals surface area contributed by atoms with Crippen molar-refractivity contribution in [2.45, 2.75) is 18.7 Å². The van der Waals surface area contributed by atoms with E-state index in [4.69, 9.17) is 5.41 Å². The molecule has 0 aliphatic rings. The fraction of sp³-hybridized carbons (Fsp3) is 0.364. The molecular formula is C11H16N2S. The summed E-state index contributed by atoms with van der Waals surface area (Å²) in [5.74, 6) is 0. The van der Waals surface area contributed by atoms with Crippen molar-refractivity contribution in [3.63, 3.8) is 0 Å². The maximum atomic E-state index is 7.87. The Bertz CT molecular complexity index is 281. The van der Waals surface area contributed by atoms with Gasteiger partial charge < -0.3 is 4.90 Å². The molecule has 1 rings (SSSR count).